The van der Waals surface area contributed by atoms with E-state index in [1.165, 1.54) is 23.1 Å². The highest BCUT2D eigenvalue weighted by Gasteiger charge is 2.77. The number of hydroxylamine groups is 2. The molecule has 2 N–H and O–H groups in total. The Morgan fingerprint density at radius 1 is 0.940 bits per heavy atom. The van der Waals surface area contributed by atoms with Crippen molar-refractivity contribution in [3.63, 3.8) is 0 Å². The van der Waals surface area contributed by atoms with Gasteiger partial charge in [0.05, 0.1) is 19.2 Å². The van der Waals surface area contributed by atoms with Crippen molar-refractivity contribution >= 4 is 35.8 Å². The Balaban J connectivity index is 1.09. The van der Waals surface area contributed by atoms with Gasteiger partial charge in [-0.3, -0.25) is 24.0 Å². The molecule has 18 heteroatoms. The van der Waals surface area contributed by atoms with Crippen LogP contribution in [0.3, 0.4) is 0 Å². The van der Waals surface area contributed by atoms with E-state index in [-0.39, 0.29) is 32.2 Å². The summed E-state index contributed by atoms with van der Waals surface area (Å²) in [5, 5.41) is 14.6. The summed E-state index contributed by atoms with van der Waals surface area (Å²) in [4.78, 5) is 77.3. The predicted octanol–water partition coefficient (Wildman–Crippen LogP) is 4.55. The fourth-order valence-corrected chi connectivity index (χ4v) is 9.92. The summed E-state index contributed by atoms with van der Waals surface area (Å²) in [5.74, 6) is -4.70. The van der Waals surface area contributed by atoms with Crippen LogP contribution < -0.4 is 5.32 Å². The largest absolute Gasteiger partial charge is 0.460 e. The van der Waals surface area contributed by atoms with E-state index in [1.54, 1.807) is 57.2 Å². The molecule has 0 radical (unpaired) electrons. The molecule has 2 aliphatic carbocycles. The molecule has 67 heavy (non-hydrogen) atoms. The first-order chi connectivity index (χ1) is 31.8. The smallest absolute Gasteiger partial charge is 0.422 e. The number of amides is 2. The number of aliphatic hydroxyl groups is 1. The van der Waals surface area contributed by atoms with Crippen molar-refractivity contribution in [2.24, 2.45) is 5.41 Å². The van der Waals surface area contributed by atoms with Gasteiger partial charge >= 0.3 is 24.1 Å². The number of hydrogen-bond donors (Lipinski definition) is 2. The van der Waals surface area contributed by atoms with Crippen molar-refractivity contribution in [1.82, 2.24) is 15.3 Å². The second kappa shape index (κ2) is 18.8. The van der Waals surface area contributed by atoms with Crippen LogP contribution in [0.5, 0.6) is 0 Å². The molecular formula is C49H54F3N3O12. The molecule has 3 saturated heterocycles. The number of alkyl halides is 3. The molecule has 3 aliphatic heterocycles. The van der Waals surface area contributed by atoms with Crippen LogP contribution in [0.25, 0.3) is 6.08 Å². The van der Waals surface area contributed by atoms with Crippen LogP contribution in [0.15, 0.2) is 84.9 Å². The summed E-state index contributed by atoms with van der Waals surface area (Å²) >= 11 is 0. The van der Waals surface area contributed by atoms with Crippen LogP contribution in [-0.2, 0) is 78.3 Å². The third-order valence-electron chi connectivity index (χ3n) is 12.8. The molecule has 15 nitrogen and oxygen atoms in total. The van der Waals surface area contributed by atoms with Crippen LogP contribution in [0, 0.1) is 5.41 Å². The third kappa shape index (κ3) is 10.3. The van der Waals surface area contributed by atoms with Gasteiger partial charge in [-0.2, -0.15) is 18.2 Å². The number of aliphatic hydroxyl groups excluding tert-OH is 1. The van der Waals surface area contributed by atoms with Gasteiger partial charge in [0.15, 0.2) is 18.4 Å². The number of nitrogens with one attached hydrogen (secondary N) is 1. The molecule has 2 bridgehead atoms. The summed E-state index contributed by atoms with van der Waals surface area (Å²) in [7, 11) is 1.50. The van der Waals surface area contributed by atoms with Crippen molar-refractivity contribution in [1.29, 1.82) is 0 Å². The highest BCUT2D eigenvalue weighted by molar-refractivity contribution is 5.96. The average Bonchev–Trinajstić information content (AvgIpc) is 3.96. The summed E-state index contributed by atoms with van der Waals surface area (Å²) in [6.45, 7) is 2.96. The fraction of sp³-hybridized carbons (Fsp3) is 0.490. The fourth-order valence-electron chi connectivity index (χ4n) is 9.92. The summed E-state index contributed by atoms with van der Waals surface area (Å²) in [6, 6.07) is 20.1. The van der Waals surface area contributed by atoms with Crippen molar-refractivity contribution in [3.8, 4) is 0 Å². The second-order valence-electron chi connectivity index (χ2n) is 18.9. The Kier molecular flexibility index (Phi) is 13.4. The molecule has 8 unspecified atom stereocenters. The van der Waals surface area contributed by atoms with Crippen molar-refractivity contribution in [2.75, 3.05) is 20.3 Å². The van der Waals surface area contributed by atoms with E-state index in [1.807, 2.05) is 42.5 Å². The molecule has 1 saturated carbocycles. The van der Waals surface area contributed by atoms with Crippen LogP contribution in [0.1, 0.15) is 67.9 Å². The minimum absolute atomic E-state index is 0.0235. The van der Waals surface area contributed by atoms with Crippen molar-refractivity contribution in [3.05, 3.63) is 113 Å². The van der Waals surface area contributed by atoms with Gasteiger partial charge in [0.1, 0.15) is 41.5 Å². The number of ether oxygens (including phenoxy) is 5. The van der Waals surface area contributed by atoms with E-state index in [0.717, 1.165) is 22.8 Å². The predicted molar refractivity (Wildman–Crippen MR) is 231 cm³/mol. The van der Waals surface area contributed by atoms with Gasteiger partial charge in [-0.1, -0.05) is 78.9 Å². The SMILES string of the molecule is CN(C(=O)C12CC3OC(=O)C1N(Cc1ccc(C=CC(=O)OCC(F)(F)F)cc1)OC2C1OC2(Cc4ccccc4C2)OC31)C(Cc1ccccc1)C(=O)NC(CO)CCC(=O)OC(C)(C)C. The number of carbonyl (C=O) groups excluding carboxylic acids is 5. The number of likely N-dealkylation sites (N-methyl/N-ethyl adjacent to an activating group) is 1. The number of benzene rings is 3. The Bertz CT molecular complexity index is 2350. The molecule has 1 spiro atoms. The lowest BCUT2D eigenvalue weighted by Crippen LogP contribution is -2.70. The molecule has 3 aromatic rings. The normalized spacial score (nSPS) is 25.8. The van der Waals surface area contributed by atoms with Crippen molar-refractivity contribution in [2.45, 2.75) is 126 Å². The molecule has 8 rings (SSSR count). The highest BCUT2D eigenvalue weighted by Crippen LogP contribution is 2.59. The van der Waals surface area contributed by atoms with Crippen molar-refractivity contribution < 1.29 is 70.8 Å². The second-order valence-corrected chi connectivity index (χ2v) is 18.9. The minimum atomic E-state index is -4.67. The molecular weight excluding hydrogens is 880 g/mol. The Morgan fingerprint density at radius 2 is 1.60 bits per heavy atom. The lowest BCUT2D eigenvalue weighted by molar-refractivity contribution is -0.218. The maximum Gasteiger partial charge on any atom is 0.422 e. The Morgan fingerprint density at radius 3 is 2.24 bits per heavy atom. The topological polar surface area (TPSA) is 179 Å². The van der Waals surface area contributed by atoms with Gasteiger partial charge in [-0.15, -0.1) is 0 Å². The molecule has 3 aromatic carbocycles. The standard InChI is InChI=1S/C49H54F3N3O12/c1-46(2,3)64-38(58)21-19-34(27-56)53-43(59)35(22-30-10-6-5-7-11-30)54(4)45(61)48-25-36-39-40(66-47(65-39)23-32-12-8-9-13-33(32)24-47)42(48)67-55(41(48)44(60)63-36)26-31-16-14-29(15-17-31)18-20-37(57)62-28-49(50,51)52/h5-18,20,34-36,39-42,56H,19,21-28H2,1-4H3,(H,53,59). The molecule has 2 amide bonds. The van der Waals surface area contributed by atoms with Crippen LogP contribution in [0.2, 0.25) is 0 Å². The monoisotopic (exact) mass is 933 g/mol. The van der Waals surface area contributed by atoms with E-state index in [9.17, 15) is 37.5 Å². The maximum absolute atomic E-state index is 15.7. The quantitative estimate of drug-likeness (QED) is 0.123. The number of nitrogens with zero attached hydrogens (tertiary/aromatic N) is 2. The molecule has 358 valence electrons. The zero-order valence-corrected chi connectivity index (χ0v) is 37.5. The van der Waals surface area contributed by atoms with E-state index in [4.69, 9.17) is 23.8 Å². The van der Waals surface area contributed by atoms with Gasteiger partial charge in [-0.25, -0.2) is 4.79 Å². The summed E-state index contributed by atoms with van der Waals surface area (Å²) in [6.07, 6.45) is -5.38. The van der Waals surface area contributed by atoms with Gasteiger partial charge in [0.2, 0.25) is 11.8 Å². The van der Waals surface area contributed by atoms with Crippen LogP contribution >= 0.6 is 0 Å². The first-order valence-corrected chi connectivity index (χ1v) is 22.3. The Labute approximate surface area is 385 Å². The number of rotatable bonds is 15. The zero-order valence-electron chi connectivity index (χ0n) is 37.5. The zero-order chi connectivity index (χ0) is 47.9. The highest BCUT2D eigenvalue weighted by atomic mass is 19.4. The van der Waals surface area contributed by atoms with E-state index in [0.29, 0.717) is 24.0 Å². The molecule has 3 heterocycles. The van der Waals surface area contributed by atoms with E-state index >= 15 is 4.79 Å². The Hall–Kier alpha value is -5.66. The van der Waals surface area contributed by atoms with Gasteiger partial charge in [0.25, 0.3) is 0 Å². The lowest BCUT2D eigenvalue weighted by atomic mass is 9.62. The third-order valence-corrected chi connectivity index (χ3v) is 12.8. The molecule has 8 atom stereocenters. The van der Waals surface area contributed by atoms with Gasteiger partial charge in [-0.05, 0) is 61.1 Å². The minimum Gasteiger partial charge on any atom is -0.460 e. The van der Waals surface area contributed by atoms with Gasteiger partial charge < -0.3 is 39.0 Å². The number of esters is 3. The van der Waals surface area contributed by atoms with E-state index < -0.39 is 108 Å². The maximum atomic E-state index is 15.7. The molecule has 4 fully saturated rings. The molecule has 0 aromatic heterocycles. The average molecular weight is 934 g/mol. The molecule has 5 aliphatic rings. The number of halogens is 3. The van der Waals surface area contributed by atoms with Gasteiger partial charge in [0, 0.05) is 45.2 Å². The first-order valence-electron chi connectivity index (χ1n) is 22.3. The van der Waals surface area contributed by atoms with Crippen LogP contribution in [-0.4, -0.2) is 125 Å². The number of hydrogen-bond acceptors (Lipinski definition) is 13. The van der Waals surface area contributed by atoms with E-state index in [2.05, 4.69) is 10.1 Å². The first kappa shape index (κ1) is 47.8. The lowest BCUT2D eigenvalue weighted by Gasteiger charge is -2.50. The number of fused-ring (bicyclic) bond motifs is 5. The summed E-state index contributed by atoms with van der Waals surface area (Å²) in [5.41, 5.74) is 1.48. The summed E-state index contributed by atoms with van der Waals surface area (Å²) < 4.78 is 67.1. The van der Waals surface area contributed by atoms with Crippen LogP contribution in [0.4, 0.5) is 13.2 Å². The number of carbonyl (C=O) groups is 5.